The summed E-state index contributed by atoms with van der Waals surface area (Å²) in [7, 11) is 1.34. The molecule has 0 aromatic heterocycles. The van der Waals surface area contributed by atoms with Crippen LogP contribution in [0.1, 0.15) is 66.1 Å². The molecule has 2 aliphatic rings. The number of hydrogen-bond donors (Lipinski definition) is 0. The van der Waals surface area contributed by atoms with Crippen molar-refractivity contribution in [2.24, 2.45) is 10.9 Å². The Hall–Kier alpha value is -4.51. The molecule has 3 aromatic carbocycles. The Morgan fingerprint density at radius 1 is 0.870 bits per heavy atom. The average molecular weight is 618 g/mol. The highest BCUT2D eigenvalue weighted by atomic mass is 16.6. The first-order valence-corrected chi connectivity index (χ1v) is 15.8. The molecule has 0 bridgehead atoms. The normalized spacial score (nSPS) is 19.7. The lowest BCUT2D eigenvalue weighted by Crippen LogP contribution is -2.51. The molecule has 0 spiro atoms. The summed E-state index contributed by atoms with van der Waals surface area (Å²) in [5, 5.41) is 0. The van der Waals surface area contributed by atoms with Crippen molar-refractivity contribution >= 4 is 17.7 Å². The van der Waals surface area contributed by atoms with Crippen LogP contribution in [0.4, 0.5) is 0 Å². The molecule has 0 radical (unpaired) electrons. The molecular weight excluding hydrogens is 574 g/mol. The van der Waals surface area contributed by atoms with Crippen molar-refractivity contribution in [2.45, 2.75) is 52.8 Å². The van der Waals surface area contributed by atoms with Gasteiger partial charge in [-0.2, -0.15) is 0 Å². The highest BCUT2D eigenvalue weighted by Gasteiger charge is 2.43. The van der Waals surface area contributed by atoms with Gasteiger partial charge in [-0.3, -0.25) is 19.6 Å². The first-order valence-electron chi connectivity index (χ1n) is 15.8. The lowest BCUT2D eigenvalue weighted by atomic mass is 9.75. The topological polar surface area (TPSA) is 71.4 Å². The van der Waals surface area contributed by atoms with Crippen molar-refractivity contribution in [2.75, 3.05) is 33.3 Å². The molecule has 5 rings (SSSR count). The van der Waals surface area contributed by atoms with Gasteiger partial charge in [-0.25, -0.2) is 4.79 Å². The van der Waals surface area contributed by atoms with E-state index in [2.05, 4.69) is 83.1 Å². The highest BCUT2D eigenvalue weighted by Crippen LogP contribution is 2.40. The number of rotatable bonds is 8. The Morgan fingerprint density at radius 2 is 1.43 bits per heavy atom. The Kier molecular flexibility index (Phi) is 10.2. The van der Waals surface area contributed by atoms with Crippen LogP contribution < -0.4 is 0 Å². The van der Waals surface area contributed by atoms with Gasteiger partial charge in [-0.1, -0.05) is 77.7 Å². The van der Waals surface area contributed by atoms with Gasteiger partial charge in [0.15, 0.2) is 6.23 Å². The number of ether oxygens (including phenoxy) is 2. The Labute approximate surface area is 272 Å². The molecule has 0 aliphatic carbocycles. The summed E-state index contributed by atoms with van der Waals surface area (Å²) < 4.78 is 11.3. The van der Waals surface area contributed by atoms with E-state index in [0.717, 1.165) is 31.7 Å². The van der Waals surface area contributed by atoms with Crippen molar-refractivity contribution in [3.05, 3.63) is 117 Å². The van der Waals surface area contributed by atoms with E-state index in [0.29, 0.717) is 22.5 Å². The number of nitrogens with zero attached hydrogens (tertiary/aromatic N) is 3. The highest BCUT2D eigenvalue weighted by molar-refractivity contribution is 6.07. The molecule has 2 aliphatic heterocycles. The Bertz CT molecular complexity index is 1630. The van der Waals surface area contributed by atoms with Crippen molar-refractivity contribution in [3.8, 4) is 12.3 Å². The Balaban J connectivity index is 1.34. The van der Waals surface area contributed by atoms with E-state index >= 15 is 0 Å². The number of carbonyl (C=O) groups excluding carboxylic acids is 2. The Morgan fingerprint density at radius 3 is 1.98 bits per heavy atom. The zero-order chi connectivity index (χ0) is 33.0. The lowest BCUT2D eigenvalue weighted by molar-refractivity contribution is -0.155. The summed E-state index contributed by atoms with van der Waals surface area (Å²) in [5.41, 5.74) is 7.85. The molecule has 238 valence electrons. The molecule has 1 fully saturated rings. The molecule has 3 atom stereocenters. The smallest absolute Gasteiger partial charge is 0.338 e. The molecule has 1 saturated heterocycles. The van der Waals surface area contributed by atoms with Crippen LogP contribution in [-0.2, 0) is 19.1 Å². The van der Waals surface area contributed by atoms with Gasteiger partial charge >= 0.3 is 11.9 Å². The minimum absolute atomic E-state index is 0.132. The summed E-state index contributed by atoms with van der Waals surface area (Å²) in [4.78, 5) is 36.3. The van der Waals surface area contributed by atoms with Gasteiger partial charge in [0.05, 0.1) is 18.7 Å². The number of terminal acetylenes is 1. The molecule has 2 heterocycles. The molecule has 0 amide bonds. The lowest BCUT2D eigenvalue weighted by Gasteiger charge is -2.41. The first kappa shape index (κ1) is 32.9. The predicted molar refractivity (Wildman–Crippen MR) is 181 cm³/mol. The molecule has 7 heteroatoms. The standard InChI is InChI=1S/C39H43N3O4/c1-8-30-10-9-11-33(24-30)36-34(38(43)45-7)27(4)40-28(5)35(36)39(44)46-29(6)41-20-22-42(23-21-41)37(31-16-12-25(2)13-17-31)32-18-14-26(3)15-19-32/h1,9-19,24,29,34,36-37H,20-23H2,2-7H3. The number of aryl methyl sites for hydroxylation is 2. The van der Waals surface area contributed by atoms with Crippen LogP contribution >= 0.6 is 0 Å². The molecular formula is C39H43N3O4. The van der Waals surface area contributed by atoms with Crippen LogP contribution in [0.15, 0.2) is 89.1 Å². The van der Waals surface area contributed by atoms with Crippen LogP contribution in [0.3, 0.4) is 0 Å². The SMILES string of the molecule is C#Cc1cccc(C2C(C(=O)OC(C)N3CCN(C(c4ccc(C)cc4)c4ccc(C)cc4)CC3)=C(C)N=C(C)C2C(=O)OC)c1. The third kappa shape index (κ3) is 6.99. The summed E-state index contributed by atoms with van der Waals surface area (Å²) in [5.74, 6) is 0.284. The van der Waals surface area contributed by atoms with E-state index in [4.69, 9.17) is 15.9 Å². The van der Waals surface area contributed by atoms with Gasteiger partial charge in [0.1, 0.15) is 5.92 Å². The molecule has 0 saturated carbocycles. The minimum atomic E-state index is -0.774. The van der Waals surface area contributed by atoms with Crippen LogP contribution in [-0.4, -0.2) is 67.0 Å². The summed E-state index contributed by atoms with van der Waals surface area (Å²) in [6.07, 6.45) is 5.22. The number of benzene rings is 3. The fourth-order valence-electron chi connectivity index (χ4n) is 6.68. The maximum absolute atomic E-state index is 14.0. The summed E-state index contributed by atoms with van der Waals surface area (Å²) in [6, 6.07) is 25.1. The maximum Gasteiger partial charge on any atom is 0.338 e. The van der Waals surface area contributed by atoms with E-state index in [1.165, 1.54) is 29.4 Å². The molecule has 3 unspecified atom stereocenters. The van der Waals surface area contributed by atoms with E-state index in [9.17, 15) is 9.59 Å². The summed E-state index contributed by atoms with van der Waals surface area (Å²) >= 11 is 0. The number of piperazine rings is 1. The molecule has 3 aromatic rings. The van der Waals surface area contributed by atoms with Gasteiger partial charge in [-0.05, 0) is 63.4 Å². The second kappa shape index (κ2) is 14.3. The summed E-state index contributed by atoms with van der Waals surface area (Å²) in [6.45, 7) is 12.8. The van der Waals surface area contributed by atoms with Gasteiger partial charge < -0.3 is 9.47 Å². The van der Waals surface area contributed by atoms with E-state index in [1.54, 1.807) is 13.8 Å². The van der Waals surface area contributed by atoms with Crippen molar-refractivity contribution in [1.29, 1.82) is 0 Å². The number of hydrogen-bond acceptors (Lipinski definition) is 7. The third-order valence-electron chi connectivity index (χ3n) is 9.21. The predicted octanol–water partition coefficient (Wildman–Crippen LogP) is 6.20. The number of methoxy groups -OCH3 is 1. The number of aliphatic imine (C=N–C) groups is 1. The maximum atomic E-state index is 14.0. The average Bonchev–Trinajstić information content (AvgIpc) is 3.06. The van der Waals surface area contributed by atoms with E-state index in [-0.39, 0.29) is 6.04 Å². The monoisotopic (exact) mass is 617 g/mol. The van der Waals surface area contributed by atoms with Crippen molar-refractivity contribution in [3.63, 3.8) is 0 Å². The van der Waals surface area contributed by atoms with Crippen molar-refractivity contribution < 1.29 is 19.1 Å². The second-order valence-electron chi connectivity index (χ2n) is 12.3. The fraction of sp³-hybridized carbons (Fsp3) is 0.359. The van der Waals surface area contributed by atoms with Gasteiger partial charge in [0, 0.05) is 49.1 Å². The van der Waals surface area contributed by atoms with Gasteiger partial charge in [0.2, 0.25) is 0 Å². The fourth-order valence-corrected chi connectivity index (χ4v) is 6.68. The minimum Gasteiger partial charge on any atom is -0.468 e. The van der Waals surface area contributed by atoms with Gasteiger partial charge in [0.25, 0.3) is 0 Å². The molecule has 7 nitrogen and oxygen atoms in total. The zero-order valence-corrected chi connectivity index (χ0v) is 27.6. The molecule has 0 N–H and O–H groups in total. The van der Waals surface area contributed by atoms with Crippen LogP contribution in [0.2, 0.25) is 0 Å². The largest absolute Gasteiger partial charge is 0.468 e. The molecule has 46 heavy (non-hydrogen) atoms. The zero-order valence-electron chi connectivity index (χ0n) is 27.6. The van der Waals surface area contributed by atoms with E-state index < -0.39 is 30.0 Å². The number of allylic oxidation sites excluding steroid dienone is 1. The van der Waals surface area contributed by atoms with E-state index in [1.807, 2.05) is 31.2 Å². The number of esters is 2. The third-order valence-corrected chi connectivity index (χ3v) is 9.21. The second-order valence-corrected chi connectivity index (χ2v) is 12.3. The number of carbonyl (C=O) groups is 2. The van der Waals surface area contributed by atoms with Crippen LogP contribution in [0, 0.1) is 32.1 Å². The van der Waals surface area contributed by atoms with Crippen LogP contribution in [0.5, 0.6) is 0 Å². The van der Waals surface area contributed by atoms with Gasteiger partial charge in [-0.15, -0.1) is 6.42 Å². The van der Waals surface area contributed by atoms with Crippen LogP contribution in [0.25, 0.3) is 0 Å². The quantitative estimate of drug-likeness (QED) is 0.221. The first-order chi connectivity index (χ1) is 22.1. The van der Waals surface area contributed by atoms with Crippen molar-refractivity contribution in [1.82, 2.24) is 9.80 Å².